The molecule has 0 saturated heterocycles. The first kappa shape index (κ1) is 14.1. The van der Waals surface area contributed by atoms with Crippen molar-refractivity contribution >= 4 is 22.4 Å². The second-order valence-electron chi connectivity index (χ2n) is 5.08. The molecule has 0 bridgehead atoms. The standard InChI is InChI=1S/C18H16N2O2/c1-12-10-11-17(22-12)13(2)19-20-18(21)16-9-5-7-14-6-3-4-8-15(14)16/h3-11H,1-2H3,(H,20,21). The summed E-state index contributed by atoms with van der Waals surface area (Å²) in [6.45, 7) is 3.66. The first-order valence-corrected chi connectivity index (χ1v) is 7.04. The highest BCUT2D eigenvalue weighted by Crippen LogP contribution is 2.18. The first-order chi connectivity index (χ1) is 10.6. The molecule has 2 aromatic carbocycles. The molecule has 3 rings (SSSR count). The predicted molar refractivity (Wildman–Crippen MR) is 87.1 cm³/mol. The highest BCUT2D eigenvalue weighted by atomic mass is 16.3. The third-order valence-corrected chi connectivity index (χ3v) is 3.46. The number of fused-ring (bicyclic) bond motifs is 1. The van der Waals surface area contributed by atoms with Crippen LogP contribution >= 0.6 is 0 Å². The Labute approximate surface area is 128 Å². The summed E-state index contributed by atoms with van der Waals surface area (Å²) < 4.78 is 5.47. The Morgan fingerprint density at radius 3 is 2.59 bits per heavy atom. The Bertz CT molecular complexity index is 857. The van der Waals surface area contributed by atoms with Crippen LogP contribution in [-0.2, 0) is 0 Å². The van der Waals surface area contributed by atoms with Crippen molar-refractivity contribution in [3.05, 3.63) is 71.7 Å². The Kier molecular flexibility index (Phi) is 3.74. The molecule has 4 heteroatoms. The van der Waals surface area contributed by atoms with Gasteiger partial charge in [-0.1, -0.05) is 36.4 Å². The molecule has 4 nitrogen and oxygen atoms in total. The van der Waals surface area contributed by atoms with Gasteiger partial charge in [0.2, 0.25) is 0 Å². The van der Waals surface area contributed by atoms with E-state index >= 15 is 0 Å². The fourth-order valence-corrected chi connectivity index (χ4v) is 2.30. The molecule has 22 heavy (non-hydrogen) atoms. The van der Waals surface area contributed by atoms with Crippen molar-refractivity contribution in [2.45, 2.75) is 13.8 Å². The highest BCUT2D eigenvalue weighted by molar-refractivity contribution is 6.07. The van der Waals surface area contributed by atoms with Crippen molar-refractivity contribution in [3.63, 3.8) is 0 Å². The molecule has 1 aromatic heterocycles. The van der Waals surface area contributed by atoms with E-state index in [-0.39, 0.29) is 5.91 Å². The molecular weight excluding hydrogens is 276 g/mol. The summed E-state index contributed by atoms with van der Waals surface area (Å²) in [5.74, 6) is 1.22. The number of nitrogens with zero attached hydrogens (tertiary/aromatic N) is 1. The smallest absolute Gasteiger partial charge is 0.272 e. The summed E-state index contributed by atoms with van der Waals surface area (Å²) in [5.41, 5.74) is 3.82. The summed E-state index contributed by atoms with van der Waals surface area (Å²) in [6, 6.07) is 17.1. The zero-order chi connectivity index (χ0) is 15.5. The third kappa shape index (κ3) is 2.76. The molecule has 0 aliphatic carbocycles. The highest BCUT2D eigenvalue weighted by Gasteiger charge is 2.09. The zero-order valence-corrected chi connectivity index (χ0v) is 12.5. The monoisotopic (exact) mass is 292 g/mol. The summed E-state index contributed by atoms with van der Waals surface area (Å²) in [5, 5.41) is 6.05. The Hall–Kier alpha value is -2.88. The van der Waals surface area contributed by atoms with E-state index in [1.54, 1.807) is 13.0 Å². The van der Waals surface area contributed by atoms with E-state index in [1.165, 1.54) is 0 Å². The molecule has 0 atom stereocenters. The number of carbonyl (C=O) groups excluding carboxylic acids is 1. The summed E-state index contributed by atoms with van der Waals surface area (Å²) >= 11 is 0. The second kappa shape index (κ2) is 5.85. The Morgan fingerprint density at radius 1 is 1.05 bits per heavy atom. The molecule has 1 N–H and O–H groups in total. The van der Waals surface area contributed by atoms with Gasteiger partial charge in [0, 0.05) is 5.56 Å². The molecule has 0 aliphatic rings. The van der Waals surface area contributed by atoms with E-state index < -0.39 is 0 Å². The number of hydrazone groups is 1. The second-order valence-corrected chi connectivity index (χ2v) is 5.08. The summed E-state index contributed by atoms with van der Waals surface area (Å²) in [6.07, 6.45) is 0. The summed E-state index contributed by atoms with van der Waals surface area (Å²) in [7, 11) is 0. The van der Waals surface area contributed by atoms with Gasteiger partial charge in [-0.3, -0.25) is 4.79 Å². The molecule has 0 fully saturated rings. The fourth-order valence-electron chi connectivity index (χ4n) is 2.30. The van der Waals surface area contributed by atoms with E-state index in [0.29, 0.717) is 17.0 Å². The topological polar surface area (TPSA) is 54.6 Å². The van der Waals surface area contributed by atoms with Crippen molar-refractivity contribution in [2.75, 3.05) is 0 Å². The van der Waals surface area contributed by atoms with Gasteiger partial charge in [0.05, 0.1) is 0 Å². The van der Waals surface area contributed by atoms with Crippen molar-refractivity contribution < 1.29 is 9.21 Å². The minimum absolute atomic E-state index is 0.237. The number of carbonyl (C=O) groups is 1. The number of rotatable bonds is 3. The van der Waals surface area contributed by atoms with Crippen LogP contribution in [0.2, 0.25) is 0 Å². The van der Waals surface area contributed by atoms with E-state index in [1.807, 2.05) is 55.5 Å². The molecule has 1 heterocycles. The molecule has 0 unspecified atom stereocenters. The Balaban J connectivity index is 1.85. The van der Waals surface area contributed by atoms with Gasteiger partial charge in [0.25, 0.3) is 5.91 Å². The number of furan rings is 1. The van der Waals surface area contributed by atoms with E-state index in [4.69, 9.17) is 4.42 Å². The lowest BCUT2D eigenvalue weighted by molar-refractivity contribution is 0.0956. The first-order valence-electron chi connectivity index (χ1n) is 7.04. The SMILES string of the molecule is CC(=NNC(=O)c1cccc2ccccc12)c1ccc(C)o1. The number of aryl methyl sites for hydroxylation is 1. The average molecular weight is 292 g/mol. The number of hydrogen-bond acceptors (Lipinski definition) is 3. The maximum atomic E-state index is 12.4. The van der Waals surface area contributed by atoms with Crippen LogP contribution in [-0.4, -0.2) is 11.6 Å². The fraction of sp³-hybridized carbons (Fsp3) is 0.111. The molecule has 0 saturated carbocycles. The van der Waals surface area contributed by atoms with Gasteiger partial charge in [-0.05, 0) is 42.8 Å². The van der Waals surface area contributed by atoms with Crippen LogP contribution < -0.4 is 5.43 Å². The Morgan fingerprint density at radius 2 is 1.82 bits per heavy atom. The lowest BCUT2D eigenvalue weighted by atomic mass is 10.0. The minimum Gasteiger partial charge on any atom is -0.460 e. The number of benzene rings is 2. The van der Waals surface area contributed by atoms with Crippen LogP contribution in [0.1, 0.15) is 28.8 Å². The lowest BCUT2D eigenvalue weighted by Crippen LogP contribution is -2.19. The minimum atomic E-state index is -0.237. The molecule has 0 radical (unpaired) electrons. The zero-order valence-electron chi connectivity index (χ0n) is 12.5. The van der Waals surface area contributed by atoms with Crippen LogP contribution in [0.3, 0.4) is 0 Å². The molecule has 110 valence electrons. The number of nitrogens with one attached hydrogen (secondary N) is 1. The number of hydrogen-bond donors (Lipinski definition) is 1. The summed E-state index contributed by atoms with van der Waals surface area (Å²) in [4.78, 5) is 12.4. The van der Waals surface area contributed by atoms with E-state index in [0.717, 1.165) is 16.5 Å². The quantitative estimate of drug-likeness (QED) is 0.588. The van der Waals surface area contributed by atoms with E-state index in [9.17, 15) is 4.79 Å². The largest absolute Gasteiger partial charge is 0.460 e. The van der Waals surface area contributed by atoms with E-state index in [2.05, 4.69) is 10.5 Å². The van der Waals surface area contributed by atoms with Crippen LogP contribution in [0.25, 0.3) is 10.8 Å². The van der Waals surface area contributed by atoms with Crippen molar-refractivity contribution in [1.82, 2.24) is 5.43 Å². The van der Waals surface area contributed by atoms with Gasteiger partial charge < -0.3 is 4.42 Å². The van der Waals surface area contributed by atoms with Crippen LogP contribution in [0, 0.1) is 6.92 Å². The molecular formula is C18H16N2O2. The van der Waals surface area contributed by atoms with Gasteiger partial charge in [-0.2, -0.15) is 5.10 Å². The molecule has 3 aromatic rings. The van der Waals surface area contributed by atoms with Gasteiger partial charge >= 0.3 is 0 Å². The maximum absolute atomic E-state index is 12.4. The van der Waals surface area contributed by atoms with Crippen LogP contribution in [0.5, 0.6) is 0 Å². The van der Waals surface area contributed by atoms with Gasteiger partial charge in [0.15, 0.2) is 0 Å². The van der Waals surface area contributed by atoms with Gasteiger partial charge in [-0.25, -0.2) is 5.43 Å². The predicted octanol–water partition coefficient (Wildman–Crippen LogP) is 3.90. The average Bonchev–Trinajstić information content (AvgIpc) is 2.98. The lowest BCUT2D eigenvalue weighted by Gasteiger charge is -2.05. The van der Waals surface area contributed by atoms with Crippen molar-refractivity contribution in [2.24, 2.45) is 5.10 Å². The van der Waals surface area contributed by atoms with Crippen LogP contribution in [0.15, 0.2) is 64.1 Å². The van der Waals surface area contributed by atoms with Gasteiger partial charge in [0.1, 0.15) is 17.2 Å². The normalized spacial score (nSPS) is 11.6. The van der Waals surface area contributed by atoms with Gasteiger partial charge in [-0.15, -0.1) is 0 Å². The van der Waals surface area contributed by atoms with Crippen molar-refractivity contribution in [3.8, 4) is 0 Å². The molecule has 0 aliphatic heterocycles. The van der Waals surface area contributed by atoms with Crippen LogP contribution in [0.4, 0.5) is 0 Å². The third-order valence-electron chi connectivity index (χ3n) is 3.46. The number of amides is 1. The van der Waals surface area contributed by atoms with Crippen molar-refractivity contribution in [1.29, 1.82) is 0 Å². The molecule has 0 spiro atoms. The molecule has 1 amide bonds. The maximum Gasteiger partial charge on any atom is 0.272 e.